The molecule has 5 atom stereocenters. The van der Waals surface area contributed by atoms with Crippen LogP contribution in [0.15, 0.2) is 0 Å². The summed E-state index contributed by atoms with van der Waals surface area (Å²) in [5.41, 5.74) is -1.41. The van der Waals surface area contributed by atoms with Crippen LogP contribution in [0.1, 0.15) is 75.2 Å². The van der Waals surface area contributed by atoms with Crippen molar-refractivity contribution >= 4 is 17.8 Å². The Morgan fingerprint density at radius 1 is 0.974 bits per heavy atom. The molecule has 0 aromatic heterocycles. The Morgan fingerprint density at radius 2 is 1.58 bits per heavy atom. The van der Waals surface area contributed by atoms with Gasteiger partial charge >= 0.3 is 11.9 Å². The fraction of sp³-hybridized carbons (Fsp3) is 0.893. The van der Waals surface area contributed by atoms with E-state index >= 15 is 0 Å². The highest BCUT2D eigenvalue weighted by Crippen LogP contribution is 2.34. The third-order valence-corrected chi connectivity index (χ3v) is 6.25. The van der Waals surface area contributed by atoms with Gasteiger partial charge in [-0.1, -0.05) is 6.92 Å². The summed E-state index contributed by atoms with van der Waals surface area (Å²) < 4.78 is 28.6. The van der Waals surface area contributed by atoms with Crippen LogP contribution in [0.2, 0.25) is 0 Å². The Labute approximate surface area is 229 Å². The van der Waals surface area contributed by atoms with Crippen LogP contribution in [0.4, 0.5) is 0 Å². The molecule has 1 aliphatic rings. The zero-order valence-corrected chi connectivity index (χ0v) is 25.3. The summed E-state index contributed by atoms with van der Waals surface area (Å²) in [6.45, 7) is 19.0. The van der Waals surface area contributed by atoms with Gasteiger partial charge < -0.3 is 29.0 Å². The normalized spacial score (nSPS) is 21.0. The molecular formula is C28H52N2O8. The Kier molecular flexibility index (Phi) is 14.2. The second-order valence-electron chi connectivity index (χ2n) is 11.9. The molecule has 0 aliphatic carbocycles. The first kappa shape index (κ1) is 34.3. The largest absolute Gasteiger partial charge is 0.459 e. The van der Waals surface area contributed by atoms with Crippen molar-refractivity contribution in [2.45, 2.75) is 105 Å². The maximum atomic E-state index is 13.8. The second kappa shape index (κ2) is 15.7. The number of nitrogens with zero attached hydrogens (tertiary/aromatic N) is 1. The standard InChI is InChI=1S/C28H52N2O8/c1-11-21(23(34-10)16-29-19(3)31)24(26(33)38-28(7,8)9)30-17-20(18-36-14-13-35-12-2)15-22(30)25(32)37-27(4,5)6/h20-24H,11-18H2,1-10H3,(H,29,31)/t20?,21-,22?,23?,24+/m0/s1. The van der Waals surface area contributed by atoms with Gasteiger partial charge in [-0.2, -0.15) is 0 Å². The van der Waals surface area contributed by atoms with E-state index in [-0.39, 0.29) is 30.3 Å². The number of amides is 1. The van der Waals surface area contributed by atoms with E-state index in [1.165, 1.54) is 6.92 Å². The molecule has 3 unspecified atom stereocenters. The lowest BCUT2D eigenvalue weighted by Crippen LogP contribution is -2.57. The minimum absolute atomic E-state index is 0.00734. The molecule has 10 heteroatoms. The van der Waals surface area contributed by atoms with Crippen LogP contribution < -0.4 is 5.32 Å². The SMILES string of the molecule is CCOCCOCC1CC(C(=O)OC(C)(C)C)N([C@@H](C(=O)OC(C)(C)C)[C@@H](CC)C(CNC(C)=O)OC)C1. The van der Waals surface area contributed by atoms with Crippen LogP contribution in [0, 0.1) is 11.8 Å². The summed E-state index contributed by atoms with van der Waals surface area (Å²) in [5, 5.41) is 2.80. The van der Waals surface area contributed by atoms with Crippen molar-refractivity contribution in [3.8, 4) is 0 Å². The molecule has 1 N–H and O–H groups in total. The molecule has 1 amide bonds. The molecule has 0 saturated carbocycles. The maximum Gasteiger partial charge on any atom is 0.324 e. The molecule has 1 saturated heterocycles. The van der Waals surface area contributed by atoms with Crippen molar-refractivity contribution in [1.82, 2.24) is 10.2 Å². The summed E-state index contributed by atoms with van der Waals surface area (Å²) in [7, 11) is 1.56. The van der Waals surface area contributed by atoms with Gasteiger partial charge in [-0.3, -0.25) is 19.3 Å². The highest BCUT2D eigenvalue weighted by molar-refractivity contribution is 5.81. The lowest BCUT2D eigenvalue weighted by atomic mass is 9.88. The number of ether oxygens (including phenoxy) is 5. The van der Waals surface area contributed by atoms with E-state index in [0.29, 0.717) is 45.8 Å². The number of likely N-dealkylation sites (tertiary alicyclic amines) is 1. The van der Waals surface area contributed by atoms with Gasteiger partial charge in [0.2, 0.25) is 5.91 Å². The highest BCUT2D eigenvalue weighted by atomic mass is 16.6. The van der Waals surface area contributed by atoms with Gasteiger partial charge in [0.25, 0.3) is 0 Å². The number of hydrogen-bond acceptors (Lipinski definition) is 9. The first-order valence-electron chi connectivity index (χ1n) is 13.8. The van der Waals surface area contributed by atoms with Gasteiger partial charge in [0.15, 0.2) is 0 Å². The molecule has 0 aromatic carbocycles. The number of hydrogen-bond donors (Lipinski definition) is 1. The van der Waals surface area contributed by atoms with E-state index in [9.17, 15) is 14.4 Å². The Hall–Kier alpha value is -1.75. The molecule has 0 spiro atoms. The molecule has 1 heterocycles. The highest BCUT2D eigenvalue weighted by Gasteiger charge is 2.49. The molecule has 10 nitrogen and oxygen atoms in total. The number of nitrogens with one attached hydrogen (secondary N) is 1. The van der Waals surface area contributed by atoms with Crippen molar-refractivity contribution in [2.24, 2.45) is 11.8 Å². The predicted molar refractivity (Wildman–Crippen MR) is 145 cm³/mol. The van der Waals surface area contributed by atoms with Crippen LogP contribution in [0.5, 0.6) is 0 Å². The third kappa shape index (κ3) is 12.0. The summed E-state index contributed by atoms with van der Waals surface area (Å²) in [5.74, 6) is -1.35. The maximum absolute atomic E-state index is 13.8. The summed E-state index contributed by atoms with van der Waals surface area (Å²) in [6.07, 6.45) is 0.583. The fourth-order valence-corrected chi connectivity index (χ4v) is 4.75. The zero-order chi connectivity index (χ0) is 29.1. The molecule has 1 aliphatic heterocycles. The average Bonchev–Trinajstić information content (AvgIpc) is 3.19. The quantitative estimate of drug-likeness (QED) is 0.246. The van der Waals surface area contributed by atoms with Gasteiger partial charge in [-0.15, -0.1) is 0 Å². The fourth-order valence-electron chi connectivity index (χ4n) is 4.75. The van der Waals surface area contributed by atoms with E-state index in [0.717, 1.165) is 0 Å². The van der Waals surface area contributed by atoms with E-state index in [1.807, 2.05) is 60.3 Å². The van der Waals surface area contributed by atoms with Gasteiger partial charge in [-0.05, 0) is 67.2 Å². The monoisotopic (exact) mass is 544 g/mol. The summed E-state index contributed by atoms with van der Waals surface area (Å²) in [4.78, 5) is 40.8. The van der Waals surface area contributed by atoms with Crippen molar-refractivity contribution in [3.05, 3.63) is 0 Å². The predicted octanol–water partition coefficient (Wildman–Crippen LogP) is 2.96. The van der Waals surface area contributed by atoms with E-state index in [2.05, 4.69) is 5.32 Å². The number of carbonyl (C=O) groups is 3. The van der Waals surface area contributed by atoms with E-state index < -0.39 is 35.4 Å². The molecular weight excluding hydrogens is 492 g/mol. The molecule has 222 valence electrons. The number of rotatable bonds is 15. The second-order valence-corrected chi connectivity index (χ2v) is 11.9. The number of carbonyl (C=O) groups excluding carboxylic acids is 3. The lowest BCUT2D eigenvalue weighted by molar-refractivity contribution is -0.172. The Balaban J connectivity index is 3.38. The Bertz CT molecular complexity index is 746. The van der Waals surface area contributed by atoms with Crippen molar-refractivity contribution in [3.63, 3.8) is 0 Å². The van der Waals surface area contributed by atoms with Crippen molar-refractivity contribution in [2.75, 3.05) is 46.6 Å². The molecule has 0 aromatic rings. The molecule has 38 heavy (non-hydrogen) atoms. The van der Waals surface area contributed by atoms with Gasteiger partial charge in [0, 0.05) is 39.6 Å². The first-order valence-corrected chi connectivity index (χ1v) is 13.8. The van der Waals surface area contributed by atoms with Crippen LogP contribution >= 0.6 is 0 Å². The minimum atomic E-state index is -0.788. The summed E-state index contributed by atoms with van der Waals surface area (Å²) in [6, 6.07) is -1.44. The zero-order valence-electron chi connectivity index (χ0n) is 25.3. The molecule has 1 fully saturated rings. The van der Waals surface area contributed by atoms with Crippen LogP contribution in [0.3, 0.4) is 0 Å². The van der Waals surface area contributed by atoms with E-state index in [1.54, 1.807) is 7.11 Å². The van der Waals surface area contributed by atoms with Gasteiger partial charge in [0.1, 0.15) is 23.3 Å². The van der Waals surface area contributed by atoms with Crippen LogP contribution in [-0.2, 0) is 38.1 Å². The third-order valence-electron chi connectivity index (χ3n) is 6.25. The van der Waals surface area contributed by atoms with Gasteiger partial charge in [0.05, 0.1) is 25.9 Å². The molecule has 1 rings (SSSR count). The van der Waals surface area contributed by atoms with Crippen LogP contribution in [0.25, 0.3) is 0 Å². The first-order chi connectivity index (χ1) is 17.6. The summed E-state index contributed by atoms with van der Waals surface area (Å²) >= 11 is 0. The van der Waals surface area contributed by atoms with Crippen LogP contribution in [-0.4, -0.2) is 98.8 Å². The van der Waals surface area contributed by atoms with Crippen molar-refractivity contribution in [1.29, 1.82) is 0 Å². The minimum Gasteiger partial charge on any atom is -0.459 e. The Morgan fingerprint density at radius 3 is 2.08 bits per heavy atom. The number of esters is 2. The topological polar surface area (TPSA) is 113 Å². The van der Waals surface area contributed by atoms with E-state index in [4.69, 9.17) is 23.7 Å². The number of methoxy groups -OCH3 is 1. The smallest absolute Gasteiger partial charge is 0.324 e. The molecule has 0 bridgehead atoms. The lowest BCUT2D eigenvalue weighted by Gasteiger charge is -2.40. The van der Waals surface area contributed by atoms with Crippen molar-refractivity contribution < 1.29 is 38.1 Å². The average molecular weight is 545 g/mol. The molecule has 0 radical (unpaired) electrons. The van der Waals surface area contributed by atoms with Gasteiger partial charge in [-0.25, -0.2) is 0 Å².